The zero-order chi connectivity index (χ0) is 13.8. The van der Waals surface area contributed by atoms with Crippen molar-refractivity contribution in [2.24, 2.45) is 0 Å². The van der Waals surface area contributed by atoms with Crippen molar-refractivity contribution in [3.05, 3.63) is 58.2 Å². The molecule has 98 valence electrons. The number of halogens is 1. The highest BCUT2D eigenvalue weighted by Gasteiger charge is 2.08. The summed E-state index contributed by atoms with van der Waals surface area (Å²) in [5.74, 6) is -0.302. The highest BCUT2D eigenvalue weighted by molar-refractivity contribution is 9.10. The van der Waals surface area contributed by atoms with Gasteiger partial charge in [0.25, 0.3) is 0 Å². The van der Waals surface area contributed by atoms with E-state index >= 15 is 0 Å². The van der Waals surface area contributed by atoms with E-state index in [-0.39, 0.29) is 5.56 Å². The molecule has 0 aliphatic rings. The van der Waals surface area contributed by atoms with E-state index < -0.39 is 5.97 Å². The summed E-state index contributed by atoms with van der Waals surface area (Å²) in [5.41, 5.74) is 1.38. The Balaban J connectivity index is 2.15. The lowest BCUT2D eigenvalue weighted by Gasteiger charge is -2.18. The Hall–Kier alpha value is -1.88. The minimum atomic E-state index is -0.944. The lowest BCUT2D eigenvalue weighted by molar-refractivity contribution is 0.0697. The van der Waals surface area contributed by atoms with Gasteiger partial charge in [-0.25, -0.2) is 9.78 Å². The van der Waals surface area contributed by atoms with Gasteiger partial charge in [-0.1, -0.05) is 28.1 Å². The van der Waals surface area contributed by atoms with Crippen LogP contribution in [-0.4, -0.2) is 23.1 Å². The van der Waals surface area contributed by atoms with Crippen LogP contribution in [0.1, 0.15) is 15.9 Å². The molecule has 0 bridgehead atoms. The van der Waals surface area contributed by atoms with Gasteiger partial charge in [0.05, 0.1) is 5.56 Å². The molecule has 0 saturated heterocycles. The molecule has 1 aromatic carbocycles. The average molecular weight is 321 g/mol. The second kappa shape index (κ2) is 5.84. The number of benzene rings is 1. The summed E-state index contributed by atoms with van der Waals surface area (Å²) in [5, 5.41) is 8.96. The summed E-state index contributed by atoms with van der Waals surface area (Å²) < 4.78 is 1.03. The quantitative estimate of drug-likeness (QED) is 0.940. The maximum absolute atomic E-state index is 10.9. The Labute approximate surface area is 119 Å². The molecule has 0 aliphatic heterocycles. The minimum Gasteiger partial charge on any atom is -0.478 e. The summed E-state index contributed by atoms with van der Waals surface area (Å²) in [6.45, 7) is 0.670. The number of carboxylic acids is 1. The van der Waals surface area contributed by atoms with Gasteiger partial charge in [0.1, 0.15) is 5.82 Å². The van der Waals surface area contributed by atoms with E-state index in [2.05, 4.69) is 20.9 Å². The van der Waals surface area contributed by atoms with Crippen molar-refractivity contribution in [3.63, 3.8) is 0 Å². The first-order valence-corrected chi connectivity index (χ1v) is 6.50. The van der Waals surface area contributed by atoms with Gasteiger partial charge in [0.2, 0.25) is 0 Å². The van der Waals surface area contributed by atoms with E-state index in [1.807, 2.05) is 36.2 Å². The third-order valence-corrected chi connectivity index (χ3v) is 3.25. The number of aromatic carboxylic acids is 1. The molecular formula is C14H13BrN2O2. The summed E-state index contributed by atoms with van der Waals surface area (Å²) in [7, 11) is 1.88. The van der Waals surface area contributed by atoms with E-state index in [0.717, 1.165) is 10.0 Å². The summed E-state index contributed by atoms with van der Waals surface area (Å²) in [6.07, 6.45) is 1.51. The molecule has 4 nitrogen and oxygen atoms in total. The highest BCUT2D eigenvalue weighted by atomic mass is 79.9. The molecule has 0 fully saturated rings. The molecule has 2 aromatic rings. The number of aromatic nitrogens is 1. The van der Waals surface area contributed by atoms with Crippen LogP contribution in [0.4, 0.5) is 5.82 Å². The molecule has 5 heteroatoms. The molecule has 0 aliphatic carbocycles. The Morgan fingerprint density at radius 1 is 1.32 bits per heavy atom. The number of carbonyl (C=O) groups is 1. The van der Waals surface area contributed by atoms with Gasteiger partial charge in [-0.3, -0.25) is 0 Å². The van der Waals surface area contributed by atoms with Crippen molar-refractivity contribution < 1.29 is 9.90 Å². The molecule has 0 atom stereocenters. The van der Waals surface area contributed by atoms with Crippen LogP contribution in [0.5, 0.6) is 0 Å². The van der Waals surface area contributed by atoms with Crippen molar-refractivity contribution >= 4 is 27.7 Å². The van der Waals surface area contributed by atoms with Gasteiger partial charge < -0.3 is 10.0 Å². The maximum atomic E-state index is 10.9. The monoisotopic (exact) mass is 320 g/mol. The first kappa shape index (κ1) is 13.5. The lowest BCUT2D eigenvalue weighted by Crippen LogP contribution is -2.18. The molecule has 0 amide bonds. The number of hydrogen-bond donors (Lipinski definition) is 1. The second-order valence-corrected chi connectivity index (χ2v) is 5.11. The topological polar surface area (TPSA) is 53.4 Å². The number of pyridine rings is 1. The Morgan fingerprint density at radius 3 is 2.63 bits per heavy atom. The van der Waals surface area contributed by atoms with Crippen molar-refractivity contribution in [2.45, 2.75) is 6.54 Å². The second-order valence-electron chi connectivity index (χ2n) is 4.19. The number of anilines is 1. The Morgan fingerprint density at radius 2 is 2.00 bits per heavy atom. The van der Waals surface area contributed by atoms with Crippen LogP contribution in [0.15, 0.2) is 47.1 Å². The smallest absolute Gasteiger partial charge is 0.335 e. The zero-order valence-corrected chi connectivity index (χ0v) is 12.0. The number of carboxylic acid groups (broad SMARTS) is 1. The molecule has 0 unspecified atom stereocenters. The fraction of sp³-hybridized carbons (Fsp3) is 0.143. The van der Waals surface area contributed by atoms with Crippen LogP contribution >= 0.6 is 15.9 Å². The molecule has 0 radical (unpaired) electrons. The van der Waals surface area contributed by atoms with Crippen LogP contribution in [0.25, 0.3) is 0 Å². The SMILES string of the molecule is CN(Cc1ccc(Br)cc1)c1cc(C(=O)O)ccn1. The van der Waals surface area contributed by atoms with Crippen LogP contribution in [0, 0.1) is 0 Å². The largest absolute Gasteiger partial charge is 0.478 e. The molecule has 1 aromatic heterocycles. The first-order valence-electron chi connectivity index (χ1n) is 5.71. The number of nitrogens with zero attached hydrogens (tertiary/aromatic N) is 2. The molecule has 19 heavy (non-hydrogen) atoms. The standard InChI is InChI=1S/C14H13BrN2O2/c1-17(9-10-2-4-12(15)5-3-10)13-8-11(14(18)19)6-7-16-13/h2-8H,9H2,1H3,(H,18,19). The van der Waals surface area contributed by atoms with Crippen LogP contribution < -0.4 is 4.90 Å². The molecule has 1 N–H and O–H groups in total. The van der Waals surface area contributed by atoms with Crippen molar-refractivity contribution in [3.8, 4) is 0 Å². The van der Waals surface area contributed by atoms with Gasteiger partial charge in [-0.05, 0) is 29.8 Å². The van der Waals surface area contributed by atoms with Crippen molar-refractivity contribution in [2.75, 3.05) is 11.9 Å². The zero-order valence-electron chi connectivity index (χ0n) is 10.4. The van der Waals surface area contributed by atoms with E-state index in [0.29, 0.717) is 12.4 Å². The normalized spacial score (nSPS) is 10.2. The van der Waals surface area contributed by atoms with E-state index in [1.165, 1.54) is 12.3 Å². The number of rotatable bonds is 4. The predicted molar refractivity (Wildman–Crippen MR) is 77.4 cm³/mol. The van der Waals surface area contributed by atoms with E-state index in [1.54, 1.807) is 6.07 Å². The molecule has 1 heterocycles. The average Bonchev–Trinajstić information content (AvgIpc) is 2.41. The minimum absolute atomic E-state index is 0.243. The molecular weight excluding hydrogens is 308 g/mol. The summed E-state index contributed by atoms with van der Waals surface area (Å²) in [4.78, 5) is 17.0. The van der Waals surface area contributed by atoms with Crippen molar-refractivity contribution in [1.82, 2.24) is 4.98 Å². The van der Waals surface area contributed by atoms with Gasteiger partial charge >= 0.3 is 5.97 Å². The molecule has 2 rings (SSSR count). The Bertz CT molecular complexity index is 584. The van der Waals surface area contributed by atoms with Crippen LogP contribution in [-0.2, 0) is 6.54 Å². The third kappa shape index (κ3) is 3.54. The van der Waals surface area contributed by atoms with Crippen LogP contribution in [0.2, 0.25) is 0 Å². The van der Waals surface area contributed by atoms with E-state index in [9.17, 15) is 4.79 Å². The fourth-order valence-corrected chi connectivity index (χ4v) is 1.97. The molecule has 0 spiro atoms. The van der Waals surface area contributed by atoms with Crippen LogP contribution in [0.3, 0.4) is 0 Å². The Kier molecular flexibility index (Phi) is 4.16. The lowest BCUT2D eigenvalue weighted by atomic mass is 10.2. The van der Waals surface area contributed by atoms with Gasteiger partial charge in [0.15, 0.2) is 0 Å². The third-order valence-electron chi connectivity index (χ3n) is 2.72. The number of hydrogen-bond acceptors (Lipinski definition) is 3. The fourth-order valence-electron chi connectivity index (χ4n) is 1.70. The van der Waals surface area contributed by atoms with E-state index in [4.69, 9.17) is 5.11 Å². The van der Waals surface area contributed by atoms with Gasteiger partial charge in [0, 0.05) is 24.3 Å². The predicted octanol–water partition coefficient (Wildman–Crippen LogP) is 3.18. The first-order chi connectivity index (χ1) is 9.06. The summed E-state index contributed by atoms with van der Waals surface area (Å²) in [6, 6.07) is 11.0. The van der Waals surface area contributed by atoms with Gasteiger partial charge in [-0.15, -0.1) is 0 Å². The highest BCUT2D eigenvalue weighted by Crippen LogP contribution is 2.16. The maximum Gasteiger partial charge on any atom is 0.335 e. The van der Waals surface area contributed by atoms with Crippen molar-refractivity contribution in [1.29, 1.82) is 0 Å². The molecule has 0 saturated carbocycles. The summed E-state index contributed by atoms with van der Waals surface area (Å²) >= 11 is 3.39. The van der Waals surface area contributed by atoms with Gasteiger partial charge in [-0.2, -0.15) is 0 Å².